The molecule has 4 nitrogen and oxygen atoms in total. The first-order chi connectivity index (χ1) is 8.90. The first kappa shape index (κ1) is 15.5. The van der Waals surface area contributed by atoms with Crippen LogP contribution >= 0.6 is 0 Å². The molecule has 0 heterocycles. The van der Waals surface area contributed by atoms with Gasteiger partial charge in [0, 0.05) is 0 Å². The molecule has 1 rings (SSSR count). The Bertz CT molecular complexity index is 410. The third-order valence-corrected chi connectivity index (χ3v) is 2.89. The van der Waals surface area contributed by atoms with Crippen LogP contribution in [-0.2, 0) is 4.79 Å². The molecule has 0 saturated heterocycles. The predicted octanol–water partition coefficient (Wildman–Crippen LogP) is 1.78. The Balaban J connectivity index is 2.33. The topological polar surface area (TPSA) is 64.3 Å². The number of carbonyl (C=O) groups is 1. The maximum absolute atomic E-state index is 11.6. The molecule has 0 unspecified atom stereocenters. The van der Waals surface area contributed by atoms with Crippen molar-refractivity contribution in [3.8, 4) is 5.75 Å². The number of benzene rings is 1. The lowest BCUT2D eigenvalue weighted by Crippen LogP contribution is -2.45. The van der Waals surface area contributed by atoms with Crippen molar-refractivity contribution in [1.82, 2.24) is 5.32 Å². The van der Waals surface area contributed by atoms with Crippen molar-refractivity contribution in [1.29, 1.82) is 0 Å². The van der Waals surface area contributed by atoms with Crippen LogP contribution in [0.25, 0.3) is 0 Å². The van der Waals surface area contributed by atoms with E-state index in [0.29, 0.717) is 13.2 Å². The second kappa shape index (κ2) is 7.14. The summed E-state index contributed by atoms with van der Waals surface area (Å²) >= 11 is 0. The highest BCUT2D eigenvalue weighted by molar-refractivity contribution is 5.81. The number of aryl methyl sites for hydroxylation is 2. The van der Waals surface area contributed by atoms with Gasteiger partial charge in [-0.3, -0.25) is 4.79 Å². The van der Waals surface area contributed by atoms with Gasteiger partial charge in [0.05, 0.1) is 12.6 Å². The molecule has 0 aromatic heterocycles. The van der Waals surface area contributed by atoms with Crippen molar-refractivity contribution in [3.63, 3.8) is 0 Å². The number of rotatable bonds is 6. The molecule has 0 saturated carbocycles. The molecule has 3 N–H and O–H groups in total. The van der Waals surface area contributed by atoms with E-state index >= 15 is 0 Å². The molecule has 0 spiro atoms. The zero-order chi connectivity index (χ0) is 14.4. The van der Waals surface area contributed by atoms with Crippen molar-refractivity contribution in [2.24, 2.45) is 11.7 Å². The van der Waals surface area contributed by atoms with E-state index in [1.54, 1.807) is 0 Å². The lowest BCUT2D eigenvalue weighted by atomic mass is 10.1. The molecular weight excluding hydrogens is 240 g/mol. The summed E-state index contributed by atoms with van der Waals surface area (Å²) in [4.78, 5) is 11.6. The number of amides is 1. The highest BCUT2D eigenvalue weighted by atomic mass is 16.5. The first-order valence-corrected chi connectivity index (χ1v) is 6.64. The summed E-state index contributed by atoms with van der Waals surface area (Å²) in [7, 11) is 0. The molecule has 19 heavy (non-hydrogen) atoms. The Morgan fingerprint density at radius 3 is 2.37 bits per heavy atom. The highest BCUT2D eigenvalue weighted by Gasteiger charge is 2.16. The molecule has 4 heteroatoms. The van der Waals surface area contributed by atoms with Crippen molar-refractivity contribution < 1.29 is 9.53 Å². The van der Waals surface area contributed by atoms with Gasteiger partial charge < -0.3 is 15.8 Å². The van der Waals surface area contributed by atoms with Gasteiger partial charge in [-0.05, 0) is 43.0 Å². The second-order valence-electron chi connectivity index (χ2n) is 5.23. The number of hydrogen-bond acceptors (Lipinski definition) is 3. The Labute approximate surface area is 115 Å². The molecular formula is C15H24N2O2. The molecule has 1 aromatic carbocycles. The van der Waals surface area contributed by atoms with Crippen LogP contribution in [0, 0.1) is 19.8 Å². The molecule has 0 aliphatic rings. The SMILES string of the molecule is Cc1cc(C)cc(OCCNC(=O)[C@@H](N)C(C)C)c1. The van der Waals surface area contributed by atoms with Gasteiger partial charge in [-0.15, -0.1) is 0 Å². The average molecular weight is 264 g/mol. The number of carbonyl (C=O) groups excluding carboxylic acids is 1. The number of hydrogen-bond donors (Lipinski definition) is 2. The summed E-state index contributed by atoms with van der Waals surface area (Å²) in [6, 6.07) is 5.60. The molecule has 0 bridgehead atoms. The molecule has 0 aliphatic heterocycles. The number of ether oxygens (including phenoxy) is 1. The fraction of sp³-hybridized carbons (Fsp3) is 0.533. The minimum atomic E-state index is -0.457. The maximum Gasteiger partial charge on any atom is 0.237 e. The van der Waals surface area contributed by atoms with Crippen LogP contribution in [0.5, 0.6) is 5.75 Å². The minimum Gasteiger partial charge on any atom is -0.492 e. The first-order valence-electron chi connectivity index (χ1n) is 6.64. The number of nitrogens with two attached hydrogens (primary N) is 1. The predicted molar refractivity (Wildman–Crippen MR) is 77.2 cm³/mol. The van der Waals surface area contributed by atoms with Crippen LogP contribution in [0.2, 0.25) is 0 Å². The third-order valence-electron chi connectivity index (χ3n) is 2.89. The Morgan fingerprint density at radius 1 is 1.26 bits per heavy atom. The van der Waals surface area contributed by atoms with E-state index in [-0.39, 0.29) is 11.8 Å². The lowest BCUT2D eigenvalue weighted by molar-refractivity contribution is -0.123. The van der Waals surface area contributed by atoms with Crippen molar-refractivity contribution >= 4 is 5.91 Å². The van der Waals surface area contributed by atoms with Crippen LogP contribution in [0.15, 0.2) is 18.2 Å². The van der Waals surface area contributed by atoms with E-state index in [9.17, 15) is 4.79 Å². The summed E-state index contributed by atoms with van der Waals surface area (Å²) in [6.45, 7) is 8.82. The minimum absolute atomic E-state index is 0.126. The maximum atomic E-state index is 11.6. The molecule has 0 radical (unpaired) electrons. The third kappa shape index (κ3) is 5.30. The molecule has 1 atom stereocenters. The smallest absolute Gasteiger partial charge is 0.237 e. The zero-order valence-electron chi connectivity index (χ0n) is 12.2. The Kier molecular flexibility index (Phi) is 5.83. The van der Waals surface area contributed by atoms with Crippen molar-refractivity contribution in [3.05, 3.63) is 29.3 Å². The van der Waals surface area contributed by atoms with Gasteiger partial charge in [0.25, 0.3) is 0 Å². The van der Waals surface area contributed by atoms with Crippen molar-refractivity contribution in [2.75, 3.05) is 13.2 Å². The zero-order valence-corrected chi connectivity index (χ0v) is 12.2. The molecule has 106 valence electrons. The van der Waals surface area contributed by atoms with E-state index in [1.807, 2.05) is 39.8 Å². The summed E-state index contributed by atoms with van der Waals surface area (Å²) < 4.78 is 5.60. The largest absolute Gasteiger partial charge is 0.492 e. The van der Waals surface area contributed by atoms with E-state index in [2.05, 4.69) is 11.4 Å². The molecule has 0 aliphatic carbocycles. The quantitative estimate of drug-likeness (QED) is 0.770. The molecule has 0 fully saturated rings. The van der Waals surface area contributed by atoms with Crippen molar-refractivity contribution in [2.45, 2.75) is 33.7 Å². The monoisotopic (exact) mass is 264 g/mol. The lowest BCUT2D eigenvalue weighted by Gasteiger charge is -2.15. The fourth-order valence-electron chi connectivity index (χ4n) is 1.78. The summed E-state index contributed by atoms with van der Waals surface area (Å²) in [5.41, 5.74) is 8.08. The van der Waals surface area contributed by atoms with Crippen LogP contribution < -0.4 is 15.8 Å². The summed E-state index contributed by atoms with van der Waals surface area (Å²) in [5, 5.41) is 2.77. The Morgan fingerprint density at radius 2 is 1.84 bits per heavy atom. The van der Waals surface area contributed by atoms with Gasteiger partial charge >= 0.3 is 0 Å². The van der Waals surface area contributed by atoms with Crippen LogP contribution in [-0.4, -0.2) is 25.1 Å². The average Bonchev–Trinajstić information content (AvgIpc) is 2.32. The van der Waals surface area contributed by atoms with E-state index < -0.39 is 6.04 Å². The van der Waals surface area contributed by atoms with E-state index in [1.165, 1.54) is 11.1 Å². The van der Waals surface area contributed by atoms with Gasteiger partial charge in [0.15, 0.2) is 0 Å². The van der Waals surface area contributed by atoms with Crippen LogP contribution in [0.4, 0.5) is 0 Å². The van der Waals surface area contributed by atoms with Gasteiger partial charge in [0.2, 0.25) is 5.91 Å². The molecule has 1 amide bonds. The van der Waals surface area contributed by atoms with Gasteiger partial charge in [0.1, 0.15) is 12.4 Å². The summed E-state index contributed by atoms with van der Waals surface area (Å²) in [5.74, 6) is 0.847. The Hall–Kier alpha value is -1.55. The number of nitrogens with one attached hydrogen (secondary N) is 1. The second-order valence-corrected chi connectivity index (χ2v) is 5.23. The van der Waals surface area contributed by atoms with E-state index in [0.717, 1.165) is 5.75 Å². The van der Waals surface area contributed by atoms with Crippen LogP contribution in [0.3, 0.4) is 0 Å². The van der Waals surface area contributed by atoms with Gasteiger partial charge in [-0.1, -0.05) is 19.9 Å². The van der Waals surface area contributed by atoms with Gasteiger partial charge in [-0.2, -0.15) is 0 Å². The molecule has 1 aromatic rings. The highest BCUT2D eigenvalue weighted by Crippen LogP contribution is 2.15. The van der Waals surface area contributed by atoms with Gasteiger partial charge in [-0.25, -0.2) is 0 Å². The summed E-state index contributed by atoms with van der Waals surface area (Å²) in [6.07, 6.45) is 0. The van der Waals surface area contributed by atoms with Crippen LogP contribution in [0.1, 0.15) is 25.0 Å². The normalized spacial score (nSPS) is 12.3. The van der Waals surface area contributed by atoms with E-state index in [4.69, 9.17) is 10.5 Å². The standard InChI is InChI=1S/C15H24N2O2/c1-10(2)14(16)15(18)17-5-6-19-13-8-11(3)7-12(4)9-13/h7-10,14H,5-6,16H2,1-4H3,(H,17,18)/t14-/m0/s1. The fourth-order valence-corrected chi connectivity index (χ4v) is 1.78.